The zero-order valence-corrected chi connectivity index (χ0v) is 19.2. The number of nitrogens with one attached hydrogen (secondary N) is 1. The average molecular weight is 473 g/mol. The van der Waals surface area contributed by atoms with Gasteiger partial charge in [-0.1, -0.05) is 78.9 Å². The number of allylic oxidation sites excluding steroid dienone is 1. The fourth-order valence-corrected chi connectivity index (χ4v) is 4.17. The molecule has 1 aliphatic heterocycles. The van der Waals surface area contributed by atoms with Gasteiger partial charge in [0.15, 0.2) is 0 Å². The van der Waals surface area contributed by atoms with Crippen molar-refractivity contribution in [2.75, 3.05) is 11.4 Å². The third kappa shape index (κ3) is 5.38. The van der Waals surface area contributed by atoms with Gasteiger partial charge in [0.2, 0.25) is 5.91 Å². The Hall–Kier alpha value is -3.84. The first kappa shape index (κ1) is 23.3. The van der Waals surface area contributed by atoms with Crippen LogP contribution in [-0.2, 0) is 27.2 Å². The molecule has 0 unspecified atom stereocenters. The van der Waals surface area contributed by atoms with Crippen molar-refractivity contribution in [3.63, 3.8) is 0 Å². The molecule has 34 heavy (non-hydrogen) atoms. The van der Waals surface area contributed by atoms with E-state index in [1.807, 2.05) is 78.9 Å². The molecule has 0 spiro atoms. The number of aliphatic carboxylic acids is 1. The van der Waals surface area contributed by atoms with E-state index in [2.05, 4.69) is 17.9 Å². The van der Waals surface area contributed by atoms with E-state index in [9.17, 15) is 19.5 Å². The Labute approximate surface area is 203 Å². The lowest BCUT2D eigenvalue weighted by Gasteiger charge is -2.24. The number of carbonyl (C=O) groups excluding carboxylic acids is 2. The maximum absolute atomic E-state index is 13.4. The van der Waals surface area contributed by atoms with Crippen LogP contribution in [-0.4, -0.2) is 34.7 Å². The lowest BCUT2D eigenvalue weighted by atomic mass is 10.0. The van der Waals surface area contributed by atoms with E-state index in [0.29, 0.717) is 18.5 Å². The van der Waals surface area contributed by atoms with E-state index >= 15 is 0 Å². The van der Waals surface area contributed by atoms with Gasteiger partial charge in [0.05, 0.1) is 5.25 Å². The summed E-state index contributed by atoms with van der Waals surface area (Å²) in [5.74, 6) is -2.13. The zero-order chi connectivity index (χ0) is 24.1. The van der Waals surface area contributed by atoms with Crippen molar-refractivity contribution in [1.29, 1.82) is 0 Å². The first-order valence-corrected chi connectivity index (χ1v) is 11.4. The van der Waals surface area contributed by atoms with Crippen molar-refractivity contribution in [3.05, 3.63) is 102 Å². The molecule has 1 atom stereocenters. The summed E-state index contributed by atoms with van der Waals surface area (Å²) in [7, 11) is 0. The Morgan fingerprint density at radius 2 is 1.65 bits per heavy atom. The summed E-state index contributed by atoms with van der Waals surface area (Å²) in [5, 5.41) is 11.5. The van der Waals surface area contributed by atoms with Crippen LogP contribution in [0, 0.1) is 0 Å². The number of thiol groups is 1. The van der Waals surface area contributed by atoms with Crippen molar-refractivity contribution in [2.24, 2.45) is 0 Å². The van der Waals surface area contributed by atoms with Crippen molar-refractivity contribution in [1.82, 2.24) is 5.32 Å². The highest BCUT2D eigenvalue weighted by molar-refractivity contribution is 7.81. The van der Waals surface area contributed by atoms with Crippen molar-refractivity contribution < 1.29 is 19.5 Å². The van der Waals surface area contributed by atoms with E-state index in [1.54, 1.807) is 6.08 Å². The Bertz CT molecular complexity index is 1240. The molecule has 0 fully saturated rings. The highest BCUT2D eigenvalue weighted by atomic mass is 32.1. The Morgan fingerprint density at radius 3 is 2.32 bits per heavy atom. The maximum atomic E-state index is 13.4. The van der Waals surface area contributed by atoms with Crippen LogP contribution >= 0.6 is 12.6 Å². The second-order valence-electron chi connectivity index (χ2n) is 8.01. The first-order valence-electron chi connectivity index (χ1n) is 10.9. The minimum atomic E-state index is -1.15. The molecule has 2 N–H and O–H groups in total. The number of carboxylic acid groups (broad SMARTS) is 1. The Balaban J connectivity index is 1.59. The van der Waals surface area contributed by atoms with E-state index in [0.717, 1.165) is 22.3 Å². The van der Waals surface area contributed by atoms with Crippen molar-refractivity contribution >= 4 is 36.1 Å². The number of amides is 2. The summed E-state index contributed by atoms with van der Waals surface area (Å²) in [6.45, 7) is -0.522. The van der Waals surface area contributed by atoms with Crippen LogP contribution in [0.1, 0.15) is 11.1 Å². The summed E-state index contributed by atoms with van der Waals surface area (Å²) in [4.78, 5) is 39.0. The van der Waals surface area contributed by atoms with Crippen LogP contribution in [0.15, 0.2) is 90.6 Å². The van der Waals surface area contributed by atoms with Gasteiger partial charge in [-0.2, -0.15) is 12.6 Å². The smallest absolute Gasteiger partial charge is 0.323 e. The summed E-state index contributed by atoms with van der Waals surface area (Å²) in [5.41, 5.74) is 4.14. The van der Waals surface area contributed by atoms with E-state index in [1.165, 1.54) is 4.90 Å². The van der Waals surface area contributed by atoms with Crippen LogP contribution in [0.25, 0.3) is 11.1 Å². The third-order valence-electron chi connectivity index (χ3n) is 5.61. The average Bonchev–Trinajstić information content (AvgIpc) is 2.97. The predicted octanol–water partition coefficient (Wildman–Crippen LogP) is 3.87. The third-order valence-corrected chi connectivity index (χ3v) is 6.03. The second-order valence-corrected chi connectivity index (χ2v) is 8.63. The van der Waals surface area contributed by atoms with Crippen LogP contribution < -0.4 is 10.2 Å². The lowest BCUT2D eigenvalue weighted by molar-refractivity contribution is -0.136. The molecule has 4 rings (SSSR count). The number of rotatable bonds is 7. The minimum Gasteiger partial charge on any atom is -0.480 e. The molecular formula is C27H24N2O4S. The summed E-state index contributed by atoms with van der Waals surface area (Å²) in [6.07, 6.45) is 2.40. The number of nitrogens with zero attached hydrogens (tertiary/aromatic N) is 1. The number of fused-ring (bicyclic) bond motifs is 1. The van der Waals surface area contributed by atoms with Crippen molar-refractivity contribution in [2.45, 2.75) is 18.1 Å². The zero-order valence-electron chi connectivity index (χ0n) is 18.3. The van der Waals surface area contributed by atoms with Gasteiger partial charge >= 0.3 is 5.97 Å². The van der Waals surface area contributed by atoms with Crippen LogP contribution in [0.4, 0.5) is 5.69 Å². The normalized spacial score (nSPS) is 14.0. The molecule has 1 heterocycles. The SMILES string of the molecule is O=C(O)CN1C(=O)C(NC(=O)[C@@H](S)Cc2ccccc2)=CCc2ccc(-c3ccccc3)cc21. The fraction of sp³-hybridized carbons (Fsp3) is 0.148. The van der Waals surface area contributed by atoms with Crippen LogP contribution in [0.2, 0.25) is 0 Å². The molecule has 0 radical (unpaired) electrons. The van der Waals surface area contributed by atoms with Gasteiger partial charge in [-0.15, -0.1) is 0 Å². The molecule has 172 valence electrons. The fourth-order valence-electron chi connectivity index (χ4n) is 3.89. The minimum absolute atomic E-state index is 0.0517. The number of hydrogen-bond acceptors (Lipinski definition) is 4. The number of carboxylic acids is 1. The van der Waals surface area contributed by atoms with Crippen LogP contribution in [0.5, 0.6) is 0 Å². The molecule has 6 nitrogen and oxygen atoms in total. The van der Waals surface area contributed by atoms with Gasteiger partial charge in [-0.25, -0.2) is 0 Å². The van der Waals surface area contributed by atoms with E-state index < -0.39 is 29.6 Å². The topological polar surface area (TPSA) is 86.7 Å². The standard InChI is InChI=1S/C27H24N2O4S/c30-25(31)17-29-23-16-21(19-9-5-2-6-10-19)12-11-20(23)13-14-22(27(29)33)28-26(32)24(34)15-18-7-3-1-4-8-18/h1-12,14,16,24,34H,13,15,17H2,(H,28,32)(H,30,31)/t24-/m0/s1. The lowest BCUT2D eigenvalue weighted by Crippen LogP contribution is -2.42. The quantitative estimate of drug-likeness (QED) is 0.456. The molecule has 3 aromatic carbocycles. The maximum Gasteiger partial charge on any atom is 0.323 e. The monoisotopic (exact) mass is 472 g/mol. The predicted molar refractivity (Wildman–Crippen MR) is 135 cm³/mol. The number of hydrogen-bond donors (Lipinski definition) is 3. The molecule has 0 bridgehead atoms. The Morgan fingerprint density at radius 1 is 0.971 bits per heavy atom. The highest BCUT2D eigenvalue weighted by Gasteiger charge is 2.29. The summed E-state index contributed by atoms with van der Waals surface area (Å²) >= 11 is 4.42. The van der Waals surface area contributed by atoms with Gasteiger partial charge in [-0.3, -0.25) is 19.3 Å². The van der Waals surface area contributed by atoms with Gasteiger partial charge < -0.3 is 10.4 Å². The van der Waals surface area contributed by atoms with Gasteiger partial charge in [0, 0.05) is 5.69 Å². The Kier molecular flexibility index (Phi) is 7.13. The highest BCUT2D eigenvalue weighted by Crippen LogP contribution is 2.31. The second kappa shape index (κ2) is 10.4. The van der Waals surface area contributed by atoms with Gasteiger partial charge in [0.25, 0.3) is 5.91 Å². The van der Waals surface area contributed by atoms with Crippen LogP contribution in [0.3, 0.4) is 0 Å². The molecule has 1 aliphatic rings. The molecular weight excluding hydrogens is 448 g/mol. The number of carbonyl (C=O) groups is 3. The molecule has 0 saturated carbocycles. The first-order chi connectivity index (χ1) is 16.4. The number of benzene rings is 3. The largest absolute Gasteiger partial charge is 0.480 e. The van der Waals surface area contributed by atoms with Gasteiger partial charge in [-0.05, 0) is 41.2 Å². The van der Waals surface area contributed by atoms with Gasteiger partial charge in [0.1, 0.15) is 12.2 Å². The van der Waals surface area contributed by atoms with E-state index in [-0.39, 0.29) is 5.70 Å². The summed E-state index contributed by atoms with van der Waals surface area (Å²) in [6, 6.07) is 24.8. The molecule has 0 aromatic heterocycles. The molecule has 0 saturated heterocycles. The van der Waals surface area contributed by atoms with Crippen molar-refractivity contribution in [3.8, 4) is 11.1 Å². The molecule has 7 heteroatoms. The molecule has 3 aromatic rings. The molecule has 0 aliphatic carbocycles. The number of anilines is 1. The van der Waals surface area contributed by atoms with E-state index in [4.69, 9.17) is 0 Å². The summed E-state index contributed by atoms with van der Waals surface area (Å²) < 4.78 is 0. The molecule has 2 amide bonds.